The number of nitrogens with zero attached hydrogens (tertiary/aromatic N) is 2. The lowest BCUT2D eigenvalue weighted by Gasteiger charge is -2.46. The van der Waals surface area contributed by atoms with Gasteiger partial charge in [0.15, 0.2) is 6.17 Å². The number of aromatic amines is 2. The average Bonchev–Trinajstić information content (AvgIpc) is 3.76. The molecule has 258 valence electrons. The number of amidine groups is 1. The maximum Gasteiger partial charge on any atom is 0.290 e. The van der Waals surface area contributed by atoms with Crippen LogP contribution in [0.1, 0.15) is 77.1 Å². The second-order valence-corrected chi connectivity index (χ2v) is 12.3. The van der Waals surface area contributed by atoms with E-state index in [4.69, 9.17) is 14.6 Å². The molecule has 2 aromatic rings. The highest BCUT2D eigenvalue weighted by Gasteiger charge is 2.40. The molecule has 12 heteroatoms. The lowest BCUT2D eigenvalue weighted by molar-refractivity contribution is -0.122. The molecular weight excluding hydrogens is 594 g/mol. The summed E-state index contributed by atoms with van der Waals surface area (Å²) in [7, 11) is 0. The Morgan fingerprint density at radius 3 is 2.35 bits per heavy atom. The van der Waals surface area contributed by atoms with Crippen molar-refractivity contribution >= 4 is 18.0 Å². The van der Waals surface area contributed by atoms with E-state index in [0.717, 1.165) is 69.3 Å². The Labute approximate surface area is 272 Å². The summed E-state index contributed by atoms with van der Waals surface area (Å²) >= 11 is 0. The Morgan fingerprint density at radius 2 is 1.87 bits per heavy atom. The minimum absolute atomic E-state index is 0.0113. The molecule has 5 rings (SSSR count). The number of hydrogen-bond acceptors (Lipinski definition) is 7. The van der Waals surface area contributed by atoms with Crippen LogP contribution in [0.2, 0.25) is 0 Å². The molecule has 0 amide bonds. The first-order valence-electron chi connectivity index (χ1n) is 16.3. The average molecular weight is 649 g/mol. The van der Waals surface area contributed by atoms with Gasteiger partial charge >= 0.3 is 0 Å². The van der Waals surface area contributed by atoms with Gasteiger partial charge in [0.2, 0.25) is 0 Å². The number of likely N-dealkylation sites (tertiary alicyclic amines) is 1. The van der Waals surface area contributed by atoms with Crippen LogP contribution >= 0.6 is 0 Å². The van der Waals surface area contributed by atoms with Crippen molar-refractivity contribution in [3.8, 4) is 0 Å². The fourth-order valence-corrected chi connectivity index (χ4v) is 5.03. The lowest BCUT2D eigenvalue weighted by atomic mass is 9.84. The molecule has 5 heterocycles. The second-order valence-electron chi connectivity index (χ2n) is 12.3. The normalized spacial score (nSPS) is 18.7. The van der Waals surface area contributed by atoms with Crippen molar-refractivity contribution in [2.75, 3.05) is 32.8 Å². The molecule has 2 unspecified atom stereocenters. The second kappa shape index (κ2) is 19.9. The Kier molecular flexibility index (Phi) is 16.7. The Hall–Kier alpha value is -3.51. The minimum Gasteiger partial charge on any atom is -0.483 e. The highest BCUT2D eigenvalue weighted by Crippen LogP contribution is 2.26. The standard InChI is InChI=1S/C13H16F2N4.C12H25NO.C8H11NO.CH2O2/c14-12(15)13-17-10(9-4-3-5-16-9)8-11(18-13)19-6-1-2-7-19;1-5-11(4)6-7-13-12(10(2)3)8-14-9-12;1-3-7-4-6(2)8(10)9-5-7;2-1-3/h3-5,8,12-13,16-17H,1-2,6-7H2;10-11,13H,5-9H2,1-4H3;4-5H,3H2,1-2H3,(H,9,10);1H,(H,2,3). The summed E-state index contributed by atoms with van der Waals surface area (Å²) in [6.07, 6.45) is 7.42. The van der Waals surface area contributed by atoms with Crippen LogP contribution in [0, 0.1) is 18.8 Å². The summed E-state index contributed by atoms with van der Waals surface area (Å²) in [6.45, 7) is 17.5. The fourth-order valence-electron chi connectivity index (χ4n) is 5.03. The van der Waals surface area contributed by atoms with Gasteiger partial charge in [-0.1, -0.05) is 41.0 Å². The molecule has 3 aliphatic rings. The van der Waals surface area contributed by atoms with Gasteiger partial charge in [-0.3, -0.25) is 9.59 Å². The minimum atomic E-state index is -2.52. The molecular formula is C34H54F2N6O4. The highest BCUT2D eigenvalue weighted by atomic mass is 19.3. The molecule has 0 bridgehead atoms. The molecule has 0 radical (unpaired) electrons. The molecule has 2 fully saturated rings. The third kappa shape index (κ3) is 12.0. The predicted octanol–water partition coefficient (Wildman–Crippen LogP) is 5.43. The molecule has 0 aromatic carbocycles. The van der Waals surface area contributed by atoms with Gasteiger partial charge in [0, 0.05) is 37.1 Å². The van der Waals surface area contributed by atoms with Gasteiger partial charge in [-0.2, -0.15) is 0 Å². The smallest absolute Gasteiger partial charge is 0.290 e. The van der Waals surface area contributed by atoms with E-state index >= 15 is 0 Å². The van der Waals surface area contributed by atoms with Gasteiger partial charge in [-0.05, 0) is 74.8 Å². The number of H-pyrrole nitrogens is 2. The van der Waals surface area contributed by atoms with Crippen LogP contribution in [-0.4, -0.2) is 83.3 Å². The number of pyridine rings is 1. The van der Waals surface area contributed by atoms with Crippen LogP contribution < -0.4 is 16.2 Å². The summed E-state index contributed by atoms with van der Waals surface area (Å²) < 4.78 is 31.3. The maximum atomic E-state index is 13.0. The predicted molar refractivity (Wildman–Crippen MR) is 180 cm³/mol. The molecule has 2 aromatic heterocycles. The Balaban J connectivity index is 0.000000241. The third-order valence-electron chi connectivity index (χ3n) is 8.60. The van der Waals surface area contributed by atoms with E-state index in [-0.39, 0.29) is 17.6 Å². The lowest BCUT2D eigenvalue weighted by Crippen LogP contribution is -2.64. The van der Waals surface area contributed by atoms with E-state index < -0.39 is 12.6 Å². The summed E-state index contributed by atoms with van der Waals surface area (Å²) in [5.41, 5.74) is 3.74. The first kappa shape index (κ1) is 38.7. The zero-order valence-corrected chi connectivity index (χ0v) is 28.2. The van der Waals surface area contributed by atoms with Crippen molar-refractivity contribution < 1.29 is 23.4 Å². The summed E-state index contributed by atoms with van der Waals surface area (Å²) in [5, 5.41) is 13.3. The van der Waals surface area contributed by atoms with Crippen molar-refractivity contribution in [1.82, 2.24) is 25.5 Å². The number of alkyl halides is 2. The summed E-state index contributed by atoms with van der Waals surface area (Å²) in [4.78, 5) is 31.1. The van der Waals surface area contributed by atoms with Gasteiger partial charge in [0.05, 0.1) is 30.1 Å². The van der Waals surface area contributed by atoms with Crippen molar-refractivity contribution in [2.45, 2.75) is 91.8 Å². The first-order valence-corrected chi connectivity index (χ1v) is 16.3. The van der Waals surface area contributed by atoms with Crippen molar-refractivity contribution in [2.24, 2.45) is 16.8 Å². The highest BCUT2D eigenvalue weighted by molar-refractivity contribution is 6.00. The maximum absolute atomic E-state index is 13.0. The van der Waals surface area contributed by atoms with Crippen LogP contribution in [0.5, 0.6) is 0 Å². The molecule has 0 aliphatic carbocycles. The van der Waals surface area contributed by atoms with Gasteiger partial charge in [-0.15, -0.1) is 0 Å². The molecule has 10 nitrogen and oxygen atoms in total. The Morgan fingerprint density at radius 1 is 1.20 bits per heavy atom. The number of ether oxygens (including phenoxy) is 1. The van der Waals surface area contributed by atoms with E-state index in [9.17, 15) is 13.6 Å². The SMILES string of the molecule is CCC(C)CCNC1(C(C)C)COC1.CCc1c[nH]c(=O)c(C)c1.FC(F)C1N=C(N2CCCC2)C=C(c2ccc[nH]2)N1.O=CO. The van der Waals surface area contributed by atoms with Crippen LogP contribution in [0.15, 0.2) is 46.5 Å². The topological polar surface area (TPSA) is 135 Å². The van der Waals surface area contributed by atoms with Crippen LogP contribution in [0.25, 0.3) is 5.70 Å². The molecule has 0 spiro atoms. The first-order chi connectivity index (χ1) is 22.0. The molecule has 2 saturated heterocycles. The van der Waals surface area contributed by atoms with Crippen LogP contribution in [0.4, 0.5) is 8.78 Å². The monoisotopic (exact) mass is 648 g/mol. The zero-order valence-electron chi connectivity index (χ0n) is 28.2. The number of halogens is 2. The van der Waals surface area contributed by atoms with Crippen LogP contribution in [0.3, 0.4) is 0 Å². The zero-order chi connectivity index (χ0) is 34.1. The number of rotatable bonds is 9. The number of carbonyl (C=O) groups is 1. The van der Waals surface area contributed by atoms with Gasteiger partial charge in [-0.25, -0.2) is 13.8 Å². The van der Waals surface area contributed by atoms with Gasteiger partial charge in [0.25, 0.3) is 18.5 Å². The number of aromatic nitrogens is 2. The van der Waals surface area contributed by atoms with Gasteiger partial charge in [0.1, 0.15) is 5.84 Å². The van der Waals surface area contributed by atoms with Crippen molar-refractivity contribution in [3.05, 3.63) is 63.8 Å². The Bertz CT molecular complexity index is 1270. The van der Waals surface area contributed by atoms with E-state index in [1.165, 1.54) is 18.4 Å². The molecule has 5 N–H and O–H groups in total. The quantitative estimate of drug-likeness (QED) is 0.229. The molecule has 3 aliphatic heterocycles. The van der Waals surface area contributed by atoms with E-state index in [2.05, 4.69) is 65.1 Å². The number of nitrogens with one attached hydrogen (secondary N) is 4. The largest absolute Gasteiger partial charge is 0.483 e. The molecule has 2 atom stereocenters. The fraction of sp³-hybridized carbons (Fsp3) is 0.618. The van der Waals surface area contributed by atoms with E-state index in [0.29, 0.717) is 17.5 Å². The number of aliphatic imine (C=N–C) groups is 1. The van der Waals surface area contributed by atoms with Gasteiger partial charge < -0.3 is 35.3 Å². The summed E-state index contributed by atoms with van der Waals surface area (Å²) in [6, 6.07) is 5.61. The summed E-state index contributed by atoms with van der Waals surface area (Å²) in [5.74, 6) is 2.17. The van der Waals surface area contributed by atoms with Crippen molar-refractivity contribution in [1.29, 1.82) is 0 Å². The number of aryl methyl sites for hydroxylation is 2. The number of carboxylic acid groups (broad SMARTS) is 1. The molecule has 0 saturated carbocycles. The van der Waals surface area contributed by atoms with E-state index in [1.54, 1.807) is 12.4 Å². The molecule has 46 heavy (non-hydrogen) atoms. The third-order valence-corrected chi connectivity index (χ3v) is 8.60. The number of hydrogen-bond donors (Lipinski definition) is 5. The van der Waals surface area contributed by atoms with E-state index in [1.807, 2.05) is 31.2 Å². The van der Waals surface area contributed by atoms with Crippen molar-refractivity contribution in [3.63, 3.8) is 0 Å². The van der Waals surface area contributed by atoms with Crippen LogP contribution in [-0.2, 0) is 16.0 Å².